The largest absolute Gasteiger partial charge is 0.237 e. The summed E-state index contributed by atoms with van der Waals surface area (Å²) in [5.74, 6) is 0. The molecule has 0 saturated carbocycles. The SMILES string of the molecule is O=S(OO)c1ccccc1. The molecule has 1 aromatic carbocycles. The van der Waals surface area contributed by atoms with E-state index in [0.29, 0.717) is 4.90 Å². The van der Waals surface area contributed by atoms with E-state index in [0.717, 1.165) is 0 Å². The predicted octanol–water partition coefficient (Wildman–Crippen LogP) is 1.20. The van der Waals surface area contributed by atoms with Crippen LogP contribution >= 0.6 is 0 Å². The Kier molecular flexibility index (Phi) is 2.56. The summed E-state index contributed by atoms with van der Waals surface area (Å²) in [4.78, 5) is 0.449. The van der Waals surface area contributed by atoms with Crippen molar-refractivity contribution in [2.45, 2.75) is 4.90 Å². The van der Waals surface area contributed by atoms with E-state index in [9.17, 15) is 4.21 Å². The number of benzene rings is 1. The number of hydrogen-bond acceptors (Lipinski definition) is 3. The van der Waals surface area contributed by atoms with Crippen molar-refractivity contribution in [3.63, 3.8) is 0 Å². The fourth-order valence-electron chi connectivity index (χ4n) is 0.575. The smallest absolute Gasteiger partial charge is 0.219 e. The highest BCUT2D eigenvalue weighted by Gasteiger charge is 1.99. The molecule has 0 spiro atoms. The van der Waals surface area contributed by atoms with E-state index in [1.807, 2.05) is 0 Å². The fraction of sp³-hybridized carbons (Fsp3) is 0. The van der Waals surface area contributed by atoms with Crippen molar-refractivity contribution in [2.24, 2.45) is 0 Å². The van der Waals surface area contributed by atoms with Crippen molar-refractivity contribution in [1.82, 2.24) is 0 Å². The maximum absolute atomic E-state index is 10.7. The van der Waals surface area contributed by atoms with E-state index in [2.05, 4.69) is 4.33 Å². The van der Waals surface area contributed by atoms with Gasteiger partial charge in [-0.15, -0.1) is 4.33 Å². The standard InChI is InChI=1S/C6H6O3S/c7-9-10(8)6-4-2-1-3-5-6/h1-5,7H. The molecule has 0 aliphatic heterocycles. The Morgan fingerprint density at radius 1 is 1.30 bits per heavy atom. The quantitative estimate of drug-likeness (QED) is 0.519. The Balaban J connectivity index is 2.85. The van der Waals surface area contributed by atoms with Gasteiger partial charge in [-0.2, -0.15) is 0 Å². The Hall–Kier alpha value is -0.710. The molecule has 1 unspecified atom stereocenters. The van der Waals surface area contributed by atoms with Gasteiger partial charge in [-0.05, 0) is 12.1 Å². The van der Waals surface area contributed by atoms with Gasteiger partial charge in [-0.1, -0.05) is 18.2 Å². The van der Waals surface area contributed by atoms with Gasteiger partial charge in [0.2, 0.25) is 11.1 Å². The average molecular weight is 158 g/mol. The summed E-state index contributed by atoms with van der Waals surface area (Å²) in [6, 6.07) is 8.43. The van der Waals surface area contributed by atoms with Crippen molar-refractivity contribution in [2.75, 3.05) is 0 Å². The monoisotopic (exact) mass is 158 g/mol. The molecule has 1 atom stereocenters. The average Bonchev–Trinajstić information content (AvgIpc) is 2.05. The molecule has 54 valence electrons. The van der Waals surface area contributed by atoms with E-state index in [-0.39, 0.29) is 0 Å². The molecule has 0 heterocycles. The summed E-state index contributed by atoms with van der Waals surface area (Å²) >= 11 is -1.73. The van der Waals surface area contributed by atoms with Crippen LogP contribution in [-0.2, 0) is 15.4 Å². The summed E-state index contributed by atoms with van der Waals surface area (Å²) in [6.07, 6.45) is 0. The molecule has 0 radical (unpaired) electrons. The zero-order valence-electron chi connectivity index (χ0n) is 5.06. The molecule has 1 aromatic rings. The van der Waals surface area contributed by atoms with Crippen molar-refractivity contribution in [3.8, 4) is 0 Å². The molecule has 0 saturated heterocycles. The van der Waals surface area contributed by atoms with Gasteiger partial charge in [0.05, 0.1) is 4.90 Å². The molecule has 0 aromatic heterocycles. The van der Waals surface area contributed by atoms with Crippen LogP contribution in [0.4, 0.5) is 0 Å². The maximum Gasteiger partial charge on any atom is 0.219 e. The first kappa shape index (κ1) is 7.40. The van der Waals surface area contributed by atoms with Gasteiger partial charge in [0.25, 0.3) is 0 Å². The van der Waals surface area contributed by atoms with Crippen LogP contribution in [0.2, 0.25) is 0 Å². The summed E-state index contributed by atoms with van der Waals surface area (Å²) in [6.45, 7) is 0. The molecule has 0 amide bonds. The van der Waals surface area contributed by atoms with Crippen LogP contribution in [0.1, 0.15) is 0 Å². The molecular formula is C6H6O3S. The van der Waals surface area contributed by atoms with Gasteiger partial charge in [-0.25, -0.2) is 9.47 Å². The summed E-state index contributed by atoms with van der Waals surface area (Å²) in [5.41, 5.74) is 0. The van der Waals surface area contributed by atoms with Crippen LogP contribution in [0.25, 0.3) is 0 Å². The molecule has 1 rings (SSSR count). The Morgan fingerprint density at radius 3 is 2.40 bits per heavy atom. The van der Waals surface area contributed by atoms with Crippen LogP contribution in [-0.4, -0.2) is 9.47 Å². The third kappa shape index (κ3) is 1.63. The Morgan fingerprint density at radius 2 is 1.90 bits per heavy atom. The van der Waals surface area contributed by atoms with Crippen LogP contribution in [0.3, 0.4) is 0 Å². The lowest BCUT2D eigenvalue weighted by Crippen LogP contribution is -1.91. The van der Waals surface area contributed by atoms with Crippen molar-refractivity contribution in [1.29, 1.82) is 0 Å². The van der Waals surface area contributed by atoms with Crippen LogP contribution in [0, 0.1) is 0 Å². The number of hydrogen-bond donors (Lipinski definition) is 1. The van der Waals surface area contributed by atoms with Crippen LogP contribution in [0.5, 0.6) is 0 Å². The first-order valence-electron chi connectivity index (χ1n) is 2.63. The predicted molar refractivity (Wildman–Crippen MR) is 36.6 cm³/mol. The van der Waals surface area contributed by atoms with E-state index in [4.69, 9.17) is 5.26 Å². The minimum absolute atomic E-state index is 0.449. The second-order valence-electron chi connectivity index (χ2n) is 1.62. The molecule has 1 N–H and O–H groups in total. The summed E-state index contributed by atoms with van der Waals surface area (Å²) in [5, 5.41) is 7.99. The van der Waals surface area contributed by atoms with Crippen LogP contribution < -0.4 is 0 Å². The van der Waals surface area contributed by atoms with Gasteiger partial charge in [0.15, 0.2) is 0 Å². The van der Waals surface area contributed by atoms with Gasteiger partial charge in [0.1, 0.15) is 0 Å². The summed E-state index contributed by atoms with van der Waals surface area (Å²) in [7, 11) is 0. The van der Waals surface area contributed by atoms with Gasteiger partial charge < -0.3 is 0 Å². The minimum Gasteiger partial charge on any atom is -0.237 e. The molecular weight excluding hydrogens is 152 g/mol. The molecule has 3 nitrogen and oxygen atoms in total. The lowest BCUT2D eigenvalue weighted by molar-refractivity contribution is -0.124. The third-order valence-electron chi connectivity index (χ3n) is 1.00. The van der Waals surface area contributed by atoms with E-state index < -0.39 is 11.1 Å². The minimum atomic E-state index is -1.73. The lowest BCUT2D eigenvalue weighted by Gasteiger charge is -1.93. The second kappa shape index (κ2) is 3.46. The second-order valence-corrected chi connectivity index (χ2v) is 2.71. The highest BCUT2D eigenvalue weighted by atomic mass is 32.2. The van der Waals surface area contributed by atoms with Crippen molar-refractivity contribution >= 4 is 11.1 Å². The zero-order chi connectivity index (χ0) is 7.40. The Labute approximate surface area is 60.9 Å². The number of rotatable bonds is 2. The van der Waals surface area contributed by atoms with E-state index in [1.54, 1.807) is 30.3 Å². The van der Waals surface area contributed by atoms with Crippen molar-refractivity contribution in [3.05, 3.63) is 30.3 Å². The fourth-order valence-corrected chi connectivity index (χ4v) is 1.04. The third-order valence-corrected chi connectivity index (χ3v) is 1.80. The van der Waals surface area contributed by atoms with Gasteiger partial charge in [0, 0.05) is 0 Å². The van der Waals surface area contributed by atoms with E-state index in [1.165, 1.54) is 0 Å². The van der Waals surface area contributed by atoms with Gasteiger partial charge >= 0.3 is 0 Å². The van der Waals surface area contributed by atoms with Crippen LogP contribution in [0.15, 0.2) is 35.2 Å². The molecule has 0 aliphatic rings. The highest BCUT2D eigenvalue weighted by Crippen LogP contribution is 2.04. The first-order chi connectivity index (χ1) is 4.84. The Bertz CT molecular complexity index is 222. The highest BCUT2D eigenvalue weighted by molar-refractivity contribution is 7.80. The van der Waals surface area contributed by atoms with E-state index >= 15 is 0 Å². The molecule has 0 bridgehead atoms. The molecule has 0 aliphatic carbocycles. The first-order valence-corrected chi connectivity index (χ1v) is 3.71. The molecule has 4 heteroatoms. The topological polar surface area (TPSA) is 46.5 Å². The molecule has 10 heavy (non-hydrogen) atoms. The normalized spacial score (nSPS) is 12.9. The summed E-state index contributed by atoms with van der Waals surface area (Å²) < 4.78 is 14.3. The van der Waals surface area contributed by atoms with Gasteiger partial charge in [-0.3, -0.25) is 0 Å². The van der Waals surface area contributed by atoms with Crippen molar-refractivity contribution < 1.29 is 13.8 Å². The maximum atomic E-state index is 10.7. The zero-order valence-corrected chi connectivity index (χ0v) is 5.88. The lowest BCUT2D eigenvalue weighted by atomic mass is 10.4. The molecule has 0 fully saturated rings.